The molecule has 1 aromatic rings. The smallest absolute Gasteiger partial charge is 0.243 e. The number of carbonyl (C=O) groups is 1. The van der Waals surface area contributed by atoms with Gasteiger partial charge in [0.05, 0.1) is 7.11 Å². The fraction of sp³-hybridized carbons (Fsp3) is 0.625. The highest BCUT2D eigenvalue weighted by Gasteiger charge is 2.51. The van der Waals surface area contributed by atoms with Crippen molar-refractivity contribution < 1.29 is 14.3 Å². The summed E-state index contributed by atoms with van der Waals surface area (Å²) in [6, 6.07) is 6.40. The minimum absolute atomic E-state index is 0.263. The molecule has 160 valence electrons. The van der Waals surface area contributed by atoms with Gasteiger partial charge in [-0.05, 0) is 83.7 Å². The fourth-order valence-electron chi connectivity index (χ4n) is 4.65. The van der Waals surface area contributed by atoms with Crippen LogP contribution < -0.4 is 9.47 Å². The Morgan fingerprint density at radius 3 is 2.55 bits per heavy atom. The van der Waals surface area contributed by atoms with Gasteiger partial charge in [-0.2, -0.15) is 0 Å². The van der Waals surface area contributed by atoms with Crippen LogP contribution in [-0.4, -0.2) is 54.1 Å². The van der Waals surface area contributed by atoms with Crippen molar-refractivity contribution in [3.63, 3.8) is 0 Å². The summed E-state index contributed by atoms with van der Waals surface area (Å²) >= 11 is 0. The zero-order chi connectivity index (χ0) is 21.0. The predicted octanol–water partition coefficient (Wildman–Crippen LogP) is 4.41. The average molecular weight is 401 g/mol. The van der Waals surface area contributed by atoms with E-state index < -0.39 is 0 Å². The van der Waals surface area contributed by atoms with E-state index in [4.69, 9.17) is 9.47 Å². The van der Waals surface area contributed by atoms with Gasteiger partial charge < -0.3 is 14.4 Å². The number of nitrogens with zero attached hydrogens (tertiary/aromatic N) is 2. The summed E-state index contributed by atoms with van der Waals surface area (Å²) in [5, 5.41) is 0. The maximum atomic E-state index is 13.4. The van der Waals surface area contributed by atoms with E-state index in [1.807, 2.05) is 6.07 Å². The number of carbonyl (C=O) groups excluding carboxylic acids is 1. The Kier molecular flexibility index (Phi) is 6.89. The van der Waals surface area contributed by atoms with Crippen LogP contribution in [0.25, 0.3) is 0 Å². The Morgan fingerprint density at radius 2 is 1.90 bits per heavy atom. The summed E-state index contributed by atoms with van der Waals surface area (Å²) in [5.41, 5.74) is 2.06. The molecule has 0 radical (unpaired) electrons. The molecule has 2 saturated heterocycles. The number of hydrogen-bond acceptors (Lipinski definition) is 4. The molecule has 0 saturated carbocycles. The number of likely N-dealkylation sites (tertiary alicyclic amines) is 2. The first-order valence-electron chi connectivity index (χ1n) is 10.9. The van der Waals surface area contributed by atoms with Crippen LogP contribution in [0.15, 0.2) is 29.8 Å². The number of allylic oxidation sites excluding steroid dienone is 1. The molecule has 1 unspecified atom stereocenters. The minimum Gasteiger partial charge on any atom is -0.493 e. The highest BCUT2D eigenvalue weighted by atomic mass is 16.5. The third kappa shape index (κ3) is 4.61. The molecule has 2 fully saturated rings. The maximum Gasteiger partial charge on any atom is 0.243 e. The van der Waals surface area contributed by atoms with E-state index in [0.29, 0.717) is 12.5 Å². The van der Waals surface area contributed by atoms with Gasteiger partial charge in [-0.3, -0.25) is 9.69 Å². The number of methoxy groups -OCH3 is 1. The number of ether oxygens (including phenoxy) is 2. The van der Waals surface area contributed by atoms with E-state index in [-0.39, 0.29) is 11.6 Å². The molecule has 29 heavy (non-hydrogen) atoms. The summed E-state index contributed by atoms with van der Waals surface area (Å²) in [6.45, 7) is 11.5. The Labute approximate surface area is 175 Å². The zero-order valence-corrected chi connectivity index (χ0v) is 18.7. The largest absolute Gasteiger partial charge is 0.493 e. The van der Waals surface area contributed by atoms with E-state index in [9.17, 15) is 4.79 Å². The molecule has 2 heterocycles. The molecule has 0 aromatic heterocycles. The molecule has 5 heteroatoms. The fourth-order valence-corrected chi connectivity index (χ4v) is 4.65. The molecule has 1 spiro atoms. The standard InChI is InChI=1S/C24H36N2O3/c1-18(2)10-15-29-21-9-8-20(16-22(21)28-5)17-25-13-6-11-24(25)12-7-14-26(19(3)4)23(24)27/h8-10,16,19H,6-7,11-15,17H2,1-5H3. The van der Waals surface area contributed by atoms with Gasteiger partial charge in [-0.25, -0.2) is 0 Å². The quantitative estimate of drug-likeness (QED) is 0.636. The monoisotopic (exact) mass is 400 g/mol. The van der Waals surface area contributed by atoms with E-state index in [1.165, 1.54) is 5.57 Å². The normalized spacial score (nSPS) is 22.4. The van der Waals surface area contributed by atoms with Crippen molar-refractivity contribution in [1.29, 1.82) is 0 Å². The first-order valence-corrected chi connectivity index (χ1v) is 10.9. The van der Waals surface area contributed by atoms with E-state index in [2.05, 4.69) is 55.7 Å². The summed E-state index contributed by atoms with van der Waals surface area (Å²) in [6.07, 6.45) is 6.16. The van der Waals surface area contributed by atoms with Gasteiger partial charge >= 0.3 is 0 Å². The van der Waals surface area contributed by atoms with Crippen LogP contribution >= 0.6 is 0 Å². The van der Waals surface area contributed by atoms with Gasteiger partial charge in [0.2, 0.25) is 5.91 Å². The Bertz CT molecular complexity index is 754. The van der Waals surface area contributed by atoms with Crippen LogP contribution in [0.1, 0.15) is 58.9 Å². The van der Waals surface area contributed by atoms with Crippen molar-refractivity contribution in [2.45, 2.75) is 71.5 Å². The van der Waals surface area contributed by atoms with Crippen molar-refractivity contribution in [3.05, 3.63) is 35.4 Å². The van der Waals surface area contributed by atoms with Crippen LogP contribution in [0.5, 0.6) is 11.5 Å². The van der Waals surface area contributed by atoms with Crippen molar-refractivity contribution in [2.75, 3.05) is 26.8 Å². The molecular formula is C24H36N2O3. The highest BCUT2D eigenvalue weighted by Crippen LogP contribution is 2.40. The van der Waals surface area contributed by atoms with Crippen LogP contribution in [0.4, 0.5) is 0 Å². The van der Waals surface area contributed by atoms with Crippen molar-refractivity contribution in [1.82, 2.24) is 9.80 Å². The Morgan fingerprint density at radius 1 is 1.17 bits per heavy atom. The summed E-state index contributed by atoms with van der Waals surface area (Å²) < 4.78 is 11.4. The van der Waals surface area contributed by atoms with Gasteiger partial charge in [-0.15, -0.1) is 0 Å². The number of hydrogen-bond donors (Lipinski definition) is 0. The number of piperidine rings is 1. The SMILES string of the molecule is COc1cc(CN2CCCC23CCCN(C(C)C)C3=O)ccc1OCC=C(C)C. The second-order valence-electron chi connectivity index (χ2n) is 8.83. The summed E-state index contributed by atoms with van der Waals surface area (Å²) in [7, 11) is 1.68. The Hall–Kier alpha value is -2.01. The lowest BCUT2D eigenvalue weighted by Gasteiger charge is -2.46. The molecule has 0 aliphatic carbocycles. The lowest BCUT2D eigenvalue weighted by Crippen LogP contribution is -2.61. The third-order valence-corrected chi connectivity index (χ3v) is 6.23. The topological polar surface area (TPSA) is 42.0 Å². The molecule has 2 aliphatic rings. The number of rotatable bonds is 7. The summed E-state index contributed by atoms with van der Waals surface area (Å²) in [4.78, 5) is 17.9. The van der Waals surface area contributed by atoms with E-state index >= 15 is 0 Å². The molecule has 2 aliphatic heterocycles. The lowest BCUT2D eigenvalue weighted by atomic mass is 9.84. The second-order valence-corrected chi connectivity index (χ2v) is 8.83. The molecule has 5 nitrogen and oxygen atoms in total. The molecular weight excluding hydrogens is 364 g/mol. The number of amides is 1. The second kappa shape index (κ2) is 9.21. The van der Waals surface area contributed by atoms with Crippen LogP contribution in [0.2, 0.25) is 0 Å². The number of benzene rings is 1. The summed E-state index contributed by atoms with van der Waals surface area (Å²) in [5.74, 6) is 1.83. The molecule has 1 aromatic carbocycles. The molecule has 1 atom stereocenters. The molecule has 3 rings (SSSR count). The zero-order valence-electron chi connectivity index (χ0n) is 18.7. The maximum absolute atomic E-state index is 13.4. The average Bonchev–Trinajstić information content (AvgIpc) is 3.07. The van der Waals surface area contributed by atoms with Crippen molar-refractivity contribution in [2.24, 2.45) is 0 Å². The highest BCUT2D eigenvalue weighted by molar-refractivity contribution is 5.87. The van der Waals surface area contributed by atoms with Crippen molar-refractivity contribution in [3.8, 4) is 11.5 Å². The third-order valence-electron chi connectivity index (χ3n) is 6.23. The van der Waals surface area contributed by atoms with Gasteiger partial charge in [0, 0.05) is 19.1 Å². The lowest BCUT2D eigenvalue weighted by molar-refractivity contribution is -0.149. The first kappa shape index (κ1) is 21.7. The first-order chi connectivity index (χ1) is 13.9. The minimum atomic E-state index is -0.325. The predicted molar refractivity (Wildman–Crippen MR) is 116 cm³/mol. The van der Waals surface area contributed by atoms with Crippen LogP contribution in [0, 0.1) is 0 Å². The van der Waals surface area contributed by atoms with E-state index in [1.54, 1.807) is 7.11 Å². The van der Waals surface area contributed by atoms with Crippen LogP contribution in [-0.2, 0) is 11.3 Å². The molecule has 0 N–H and O–H groups in total. The Balaban J connectivity index is 1.76. The van der Waals surface area contributed by atoms with E-state index in [0.717, 1.165) is 62.4 Å². The van der Waals surface area contributed by atoms with Crippen molar-refractivity contribution >= 4 is 5.91 Å². The molecule has 0 bridgehead atoms. The van der Waals surface area contributed by atoms with Gasteiger partial charge in [-0.1, -0.05) is 11.6 Å². The van der Waals surface area contributed by atoms with Gasteiger partial charge in [0.1, 0.15) is 12.1 Å². The molecule has 1 amide bonds. The van der Waals surface area contributed by atoms with Gasteiger partial charge in [0.25, 0.3) is 0 Å². The van der Waals surface area contributed by atoms with Crippen LogP contribution in [0.3, 0.4) is 0 Å². The van der Waals surface area contributed by atoms with Gasteiger partial charge in [0.15, 0.2) is 11.5 Å².